The van der Waals surface area contributed by atoms with E-state index in [2.05, 4.69) is 37.2 Å². The summed E-state index contributed by atoms with van der Waals surface area (Å²) in [5.41, 5.74) is 7.46. The fourth-order valence-corrected chi connectivity index (χ4v) is 4.02. The van der Waals surface area contributed by atoms with E-state index < -0.39 is 6.04 Å². The molecule has 3 rings (SSSR count). The molecule has 1 amide bonds. The van der Waals surface area contributed by atoms with Gasteiger partial charge in [0.05, 0.1) is 0 Å². The molecule has 20 heavy (non-hydrogen) atoms. The average molecular weight is 414 g/mol. The summed E-state index contributed by atoms with van der Waals surface area (Å²) < 4.78 is 1.97. The summed E-state index contributed by atoms with van der Waals surface area (Å²) >= 11 is 8.71. The molecule has 0 bridgehead atoms. The van der Waals surface area contributed by atoms with Crippen LogP contribution in [0.15, 0.2) is 55.1 Å². The molecule has 3 nitrogen and oxygen atoms in total. The Labute approximate surface area is 137 Å². The number of nitrogens with one attached hydrogen (secondary N) is 1. The highest BCUT2D eigenvalue weighted by Crippen LogP contribution is 2.42. The third kappa shape index (κ3) is 2.53. The van der Waals surface area contributed by atoms with Gasteiger partial charge in [-0.25, -0.2) is 0 Å². The molecular weight excluding hydrogens is 404 g/mol. The van der Waals surface area contributed by atoms with Crippen LogP contribution in [-0.2, 0) is 4.79 Å². The average Bonchev–Trinajstić information content (AvgIpc) is 2.69. The van der Waals surface area contributed by atoms with Crippen molar-refractivity contribution in [2.24, 2.45) is 5.73 Å². The minimum Gasteiger partial charge on any atom is -0.324 e. The Morgan fingerprint density at radius 1 is 1.10 bits per heavy atom. The number of halogens is 2. The first-order valence-corrected chi connectivity index (χ1v) is 8.29. The quantitative estimate of drug-likeness (QED) is 0.770. The number of carbonyl (C=O) groups is 1. The van der Waals surface area contributed by atoms with E-state index in [0.717, 1.165) is 30.0 Å². The summed E-state index contributed by atoms with van der Waals surface area (Å²) in [7, 11) is 0. The van der Waals surface area contributed by atoms with Crippen molar-refractivity contribution in [2.75, 3.05) is 5.32 Å². The summed E-state index contributed by atoms with van der Waals surface area (Å²) in [5.74, 6) is -0.157. The number of rotatable bonds is 2. The second-order valence-corrected chi connectivity index (χ2v) is 7.16. The predicted molar refractivity (Wildman–Crippen MR) is 88.0 cm³/mol. The maximum atomic E-state index is 11.6. The van der Waals surface area contributed by atoms with Crippen molar-refractivity contribution in [3.63, 3.8) is 0 Å². The number of anilines is 1. The molecule has 0 spiro atoms. The molecule has 0 saturated heterocycles. The lowest BCUT2D eigenvalue weighted by Gasteiger charge is -2.09. The summed E-state index contributed by atoms with van der Waals surface area (Å²) in [6, 6.07) is 11.3. The van der Waals surface area contributed by atoms with Gasteiger partial charge in [0.25, 0.3) is 0 Å². The fourth-order valence-electron chi connectivity index (χ4n) is 2.01. The van der Waals surface area contributed by atoms with Crippen LogP contribution in [0.25, 0.3) is 0 Å². The molecular formula is C14H10Br2N2OS. The first kappa shape index (κ1) is 14.1. The molecule has 1 heterocycles. The molecule has 0 aromatic heterocycles. The molecule has 102 valence electrons. The second-order valence-electron chi connectivity index (χ2n) is 4.37. The summed E-state index contributed by atoms with van der Waals surface area (Å²) in [5, 5.41) is 2.81. The summed E-state index contributed by atoms with van der Waals surface area (Å²) in [4.78, 5) is 13.7. The highest BCUT2D eigenvalue weighted by atomic mass is 79.9. The van der Waals surface area contributed by atoms with Gasteiger partial charge in [0.15, 0.2) is 0 Å². The van der Waals surface area contributed by atoms with E-state index in [4.69, 9.17) is 5.73 Å². The van der Waals surface area contributed by atoms with Gasteiger partial charge in [-0.2, -0.15) is 0 Å². The number of amides is 1. The minimum absolute atomic E-state index is 0.157. The molecule has 3 N–H and O–H groups in total. The Hall–Kier alpha value is -0.820. The van der Waals surface area contributed by atoms with Crippen molar-refractivity contribution < 1.29 is 4.79 Å². The lowest BCUT2D eigenvalue weighted by molar-refractivity contribution is -0.116. The maximum absolute atomic E-state index is 11.6. The zero-order valence-corrected chi connectivity index (χ0v) is 14.2. The van der Waals surface area contributed by atoms with Crippen LogP contribution in [0.4, 0.5) is 5.69 Å². The second kappa shape index (κ2) is 5.52. The molecule has 2 aromatic rings. The van der Waals surface area contributed by atoms with Crippen molar-refractivity contribution in [3.05, 3.63) is 50.9 Å². The molecule has 0 aliphatic carbocycles. The highest BCUT2D eigenvalue weighted by Gasteiger charge is 2.28. The molecule has 1 aliphatic rings. The van der Waals surface area contributed by atoms with Crippen LogP contribution in [0.1, 0.15) is 11.6 Å². The van der Waals surface area contributed by atoms with Crippen molar-refractivity contribution in [2.45, 2.75) is 15.8 Å². The highest BCUT2D eigenvalue weighted by molar-refractivity contribution is 9.11. The number of nitrogens with two attached hydrogens (primary N) is 1. The van der Waals surface area contributed by atoms with Crippen molar-refractivity contribution in [1.29, 1.82) is 0 Å². The summed E-state index contributed by atoms with van der Waals surface area (Å²) in [6.45, 7) is 0. The zero-order chi connectivity index (χ0) is 14.3. The van der Waals surface area contributed by atoms with E-state index >= 15 is 0 Å². The van der Waals surface area contributed by atoms with Gasteiger partial charge >= 0.3 is 0 Å². The number of benzene rings is 2. The van der Waals surface area contributed by atoms with Crippen molar-refractivity contribution in [3.8, 4) is 0 Å². The smallest absolute Gasteiger partial charge is 0.245 e. The lowest BCUT2D eigenvalue weighted by Crippen LogP contribution is -2.19. The first-order valence-electron chi connectivity index (χ1n) is 5.88. The van der Waals surface area contributed by atoms with Gasteiger partial charge in [-0.05, 0) is 56.1 Å². The third-order valence-electron chi connectivity index (χ3n) is 3.04. The Bertz CT molecular complexity index is 706. The van der Waals surface area contributed by atoms with Gasteiger partial charge in [-0.1, -0.05) is 23.9 Å². The van der Waals surface area contributed by atoms with Crippen LogP contribution >= 0.6 is 43.6 Å². The molecule has 0 fully saturated rings. The Morgan fingerprint density at radius 3 is 2.60 bits per heavy atom. The number of hydrogen-bond acceptors (Lipinski definition) is 3. The zero-order valence-electron chi connectivity index (χ0n) is 10.2. The predicted octanol–water partition coefficient (Wildman–Crippen LogP) is 4.31. The normalized spacial score (nSPS) is 16.9. The van der Waals surface area contributed by atoms with Gasteiger partial charge in [0.2, 0.25) is 5.91 Å². The Balaban J connectivity index is 1.99. The van der Waals surface area contributed by atoms with E-state index in [1.165, 1.54) is 0 Å². The molecule has 0 radical (unpaired) electrons. The Morgan fingerprint density at radius 2 is 1.85 bits per heavy atom. The standard InChI is InChI=1S/C14H10Br2N2OS/c15-8-3-1-2-4-11(8)20-12-6-10-7(5-9(12)16)13(17)14(19)18-10/h1-6,13H,17H2,(H,18,19). The van der Waals surface area contributed by atoms with Crippen LogP contribution in [0.5, 0.6) is 0 Å². The maximum Gasteiger partial charge on any atom is 0.245 e. The topological polar surface area (TPSA) is 55.1 Å². The van der Waals surface area contributed by atoms with E-state index in [1.807, 2.05) is 36.4 Å². The Kier molecular flexibility index (Phi) is 3.90. The number of hydrogen-bond donors (Lipinski definition) is 2. The largest absolute Gasteiger partial charge is 0.324 e. The lowest BCUT2D eigenvalue weighted by atomic mass is 10.1. The van der Waals surface area contributed by atoms with Crippen molar-refractivity contribution in [1.82, 2.24) is 0 Å². The van der Waals surface area contributed by atoms with Crippen LogP contribution in [0.3, 0.4) is 0 Å². The molecule has 1 aliphatic heterocycles. The molecule has 6 heteroatoms. The van der Waals surface area contributed by atoms with Gasteiger partial charge < -0.3 is 11.1 Å². The van der Waals surface area contributed by atoms with Gasteiger partial charge in [-0.3, -0.25) is 4.79 Å². The SMILES string of the molecule is NC1C(=O)Nc2cc(Sc3ccccc3Br)c(Br)cc21. The van der Waals surface area contributed by atoms with Gasteiger partial charge in [0.1, 0.15) is 6.04 Å². The van der Waals surface area contributed by atoms with E-state index in [1.54, 1.807) is 11.8 Å². The number of fused-ring (bicyclic) bond motifs is 1. The van der Waals surface area contributed by atoms with E-state index in [0.29, 0.717) is 0 Å². The van der Waals surface area contributed by atoms with Crippen molar-refractivity contribution >= 4 is 55.2 Å². The fraction of sp³-hybridized carbons (Fsp3) is 0.0714. The van der Waals surface area contributed by atoms with Crippen LogP contribution in [-0.4, -0.2) is 5.91 Å². The van der Waals surface area contributed by atoms with E-state index in [9.17, 15) is 4.79 Å². The molecule has 2 aromatic carbocycles. The monoisotopic (exact) mass is 412 g/mol. The molecule has 1 unspecified atom stereocenters. The molecule has 0 saturated carbocycles. The van der Waals surface area contributed by atoms with Crippen LogP contribution in [0.2, 0.25) is 0 Å². The number of carbonyl (C=O) groups excluding carboxylic acids is 1. The molecule has 1 atom stereocenters. The van der Waals surface area contributed by atoms with Gasteiger partial charge in [-0.15, -0.1) is 0 Å². The minimum atomic E-state index is -0.580. The van der Waals surface area contributed by atoms with Gasteiger partial charge in [0, 0.05) is 30.0 Å². The third-order valence-corrected chi connectivity index (χ3v) is 6.04. The van der Waals surface area contributed by atoms with Crippen LogP contribution < -0.4 is 11.1 Å². The first-order chi connectivity index (χ1) is 9.56. The van der Waals surface area contributed by atoms with Crippen LogP contribution in [0, 0.1) is 0 Å². The van der Waals surface area contributed by atoms with E-state index in [-0.39, 0.29) is 5.91 Å². The summed E-state index contributed by atoms with van der Waals surface area (Å²) in [6.07, 6.45) is 0.